The summed E-state index contributed by atoms with van der Waals surface area (Å²) in [5.41, 5.74) is 0. The predicted octanol–water partition coefficient (Wildman–Crippen LogP) is 13.6. The van der Waals surface area contributed by atoms with E-state index in [-0.39, 0.29) is 44.9 Å². The van der Waals surface area contributed by atoms with Gasteiger partial charge in [-0.15, -0.1) is 0 Å². The average molecular weight is 904 g/mol. The van der Waals surface area contributed by atoms with Crippen molar-refractivity contribution in [3.05, 3.63) is 0 Å². The number of carbonyl (C=O) groups excluding carboxylic acids is 3. The maximum absolute atomic E-state index is 12.8. The van der Waals surface area contributed by atoms with Gasteiger partial charge < -0.3 is 24.8 Å². The number of hydrogen-bond acceptors (Lipinski definition) is 9. The second-order valence-corrected chi connectivity index (χ2v) is 18.9. The van der Waals surface area contributed by atoms with Crippen molar-refractivity contribution in [3.63, 3.8) is 0 Å². The van der Waals surface area contributed by atoms with Gasteiger partial charge in [0.15, 0.2) is 6.10 Å². The van der Waals surface area contributed by atoms with Gasteiger partial charge in [-0.05, 0) is 25.7 Å². The van der Waals surface area contributed by atoms with E-state index in [4.69, 9.17) is 23.6 Å². The molecule has 12 nitrogen and oxygen atoms in total. The third-order valence-electron chi connectivity index (χ3n) is 11.3. The molecule has 0 rings (SSSR count). The van der Waals surface area contributed by atoms with Crippen LogP contribution in [0.3, 0.4) is 0 Å². The first kappa shape index (κ1) is 60.0. The number of phosphoric acid groups is 1. The van der Waals surface area contributed by atoms with Gasteiger partial charge in [0.25, 0.3) is 0 Å². The quantitative estimate of drug-likeness (QED) is 0.0301. The van der Waals surface area contributed by atoms with Gasteiger partial charge in [0.1, 0.15) is 6.61 Å². The van der Waals surface area contributed by atoms with Crippen molar-refractivity contribution in [2.45, 2.75) is 264 Å². The molecule has 3 N–H and O–H groups in total. The van der Waals surface area contributed by atoms with Crippen LogP contribution in [0.5, 0.6) is 0 Å². The third-order valence-corrected chi connectivity index (χ3v) is 12.3. The highest BCUT2D eigenvalue weighted by Gasteiger charge is 2.26. The first-order valence-corrected chi connectivity index (χ1v) is 27.0. The molecular formula is C49H94NO11P. The molecule has 0 bridgehead atoms. The largest absolute Gasteiger partial charge is 0.481 e. The number of carboxylic acids is 1. The number of unbranched alkanes of at least 4 members (excludes halogenated alkanes) is 31. The van der Waals surface area contributed by atoms with Crippen molar-refractivity contribution in [3.8, 4) is 0 Å². The standard InChI is InChI=1S/C49H94NO11P/c1-3-5-7-9-11-13-15-17-19-21-27-31-35-39-48(54)58-43-45(61-49(55)40-36-32-28-22-20-18-16-14-12-10-8-6-4-2)44-60-62(56,57)59-42-41-50-46(51)37-33-29-25-23-24-26-30-34-38-47(52)53/h45H,3-44H2,1-2H3,(H,50,51)(H,52,53)(H,56,57). The molecule has 0 radical (unpaired) electrons. The van der Waals surface area contributed by atoms with Crippen LogP contribution in [0.15, 0.2) is 0 Å². The van der Waals surface area contributed by atoms with Gasteiger partial charge in [-0.25, -0.2) is 4.57 Å². The topological polar surface area (TPSA) is 175 Å². The molecule has 1 amide bonds. The van der Waals surface area contributed by atoms with Crippen LogP contribution >= 0.6 is 7.82 Å². The Balaban J connectivity index is 4.50. The molecule has 0 aliphatic rings. The van der Waals surface area contributed by atoms with E-state index in [2.05, 4.69) is 19.2 Å². The number of ether oxygens (including phenoxy) is 2. The summed E-state index contributed by atoms with van der Waals surface area (Å²) in [7, 11) is -4.55. The molecule has 0 aliphatic carbocycles. The lowest BCUT2D eigenvalue weighted by Crippen LogP contribution is -2.30. The number of amides is 1. The Bertz CT molecular complexity index is 1110. The van der Waals surface area contributed by atoms with E-state index in [1.807, 2.05) is 0 Å². The third kappa shape index (κ3) is 46.0. The Morgan fingerprint density at radius 2 is 0.823 bits per heavy atom. The first-order valence-electron chi connectivity index (χ1n) is 25.5. The molecule has 2 atom stereocenters. The monoisotopic (exact) mass is 904 g/mol. The number of rotatable bonds is 49. The molecular weight excluding hydrogens is 810 g/mol. The second-order valence-electron chi connectivity index (χ2n) is 17.4. The molecule has 0 spiro atoms. The molecule has 62 heavy (non-hydrogen) atoms. The molecule has 0 aromatic heterocycles. The highest BCUT2D eigenvalue weighted by Crippen LogP contribution is 2.43. The molecule has 0 aromatic carbocycles. The first-order chi connectivity index (χ1) is 30.1. The van der Waals surface area contributed by atoms with E-state index in [9.17, 15) is 28.6 Å². The van der Waals surface area contributed by atoms with E-state index in [1.165, 1.54) is 116 Å². The second kappa shape index (κ2) is 45.6. The van der Waals surface area contributed by atoms with Crippen molar-refractivity contribution in [1.29, 1.82) is 0 Å². The van der Waals surface area contributed by atoms with Gasteiger partial charge in [-0.1, -0.05) is 206 Å². The van der Waals surface area contributed by atoms with Crippen molar-refractivity contribution in [2.75, 3.05) is 26.4 Å². The lowest BCUT2D eigenvalue weighted by molar-refractivity contribution is -0.161. The Labute approximate surface area is 378 Å². The van der Waals surface area contributed by atoms with E-state index in [0.717, 1.165) is 83.5 Å². The maximum atomic E-state index is 12.8. The number of hydrogen-bond donors (Lipinski definition) is 3. The smallest absolute Gasteiger partial charge is 0.472 e. The summed E-state index contributed by atoms with van der Waals surface area (Å²) in [6.07, 6.45) is 38.5. The molecule has 2 unspecified atom stereocenters. The van der Waals surface area contributed by atoms with Gasteiger partial charge in [-0.2, -0.15) is 0 Å². The van der Waals surface area contributed by atoms with Gasteiger partial charge in [-0.3, -0.25) is 28.2 Å². The van der Waals surface area contributed by atoms with E-state index in [1.54, 1.807) is 0 Å². The Morgan fingerprint density at radius 1 is 0.468 bits per heavy atom. The van der Waals surface area contributed by atoms with Crippen LogP contribution in [-0.2, 0) is 42.3 Å². The molecule has 13 heteroatoms. The molecule has 366 valence electrons. The summed E-state index contributed by atoms with van der Waals surface area (Å²) in [6, 6.07) is 0. The van der Waals surface area contributed by atoms with Crippen LogP contribution in [0.4, 0.5) is 0 Å². The molecule has 0 saturated heterocycles. The van der Waals surface area contributed by atoms with Crippen molar-refractivity contribution in [1.82, 2.24) is 5.32 Å². The fourth-order valence-electron chi connectivity index (χ4n) is 7.47. The van der Waals surface area contributed by atoms with Crippen LogP contribution in [0, 0.1) is 0 Å². The van der Waals surface area contributed by atoms with Gasteiger partial charge in [0.05, 0.1) is 13.2 Å². The Kier molecular flexibility index (Phi) is 44.1. The summed E-state index contributed by atoms with van der Waals surface area (Å²) >= 11 is 0. The van der Waals surface area contributed by atoms with Gasteiger partial charge in [0, 0.05) is 32.2 Å². The van der Waals surface area contributed by atoms with Crippen LogP contribution < -0.4 is 5.32 Å². The fraction of sp³-hybridized carbons (Fsp3) is 0.918. The minimum Gasteiger partial charge on any atom is -0.481 e. The number of aliphatic carboxylic acids is 1. The summed E-state index contributed by atoms with van der Waals surface area (Å²) in [5, 5.41) is 11.4. The van der Waals surface area contributed by atoms with Crippen molar-refractivity contribution < 1.29 is 52.3 Å². The fourth-order valence-corrected chi connectivity index (χ4v) is 8.22. The SMILES string of the molecule is CCCCCCCCCCCCCCCC(=O)OCC(COP(=O)(O)OCCNC(=O)CCCCCCCCCCC(=O)O)OC(=O)CCCCCCCCCCCCCCC. The predicted molar refractivity (Wildman–Crippen MR) is 250 cm³/mol. The van der Waals surface area contributed by atoms with Gasteiger partial charge in [0.2, 0.25) is 5.91 Å². The van der Waals surface area contributed by atoms with Crippen molar-refractivity contribution in [2.24, 2.45) is 0 Å². The molecule has 0 saturated carbocycles. The van der Waals surface area contributed by atoms with E-state index >= 15 is 0 Å². The molecule has 0 heterocycles. The summed E-state index contributed by atoms with van der Waals surface area (Å²) < 4.78 is 33.9. The lowest BCUT2D eigenvalue weighted by atomic mass is 10.0. The number of carboxylic acid groups (broad SMARTS) is 1. The number of esters is 2. The van der Waals surface area contributed by atoms with Crippen molar-refractivity contribution >= 4 is 31.6 Å². The van der Waals surface area contributed by atoms with Crippen LogP contribution in [0.1, 0.15) is 258 Å². The molecule has 0 fully saturated rings. The highest BCUT2D eigenvalue weighted by molar-refractivity contribution is 7.47. The van der Waals surface area contributed by atoms with Crippen LogP contribution in [0.25, 0.3) is 0 Å². The summed E-state index contributed by atoms with van der Waals surface area (Å²) in [5.74, 6) is -1.81. The minimum atomic E-state index is -4.55. The van der Waals surface area contributed by atoms with Crippen LogP contribution in [0.2, 0.25) is 0 Å². The lowest BCUT2D eigenvalue weighted by Gasteiger charge is -2.20. The number of phosphoric ester groups is 1. The zero-order valence-electron chi connectivity index (χ0n) is 39.8. The molecule has 0 aliphatic heterocycles. The van der Waals surface area contributed by atoms with Gasteiger partial charge >= 0.3 is 25.7 Å². The number of carbonyl (C=O) groups is 4. The minimum absolute atomic E-state index is 0.0252. The van der Waals surface area contributed by atoms with E-state index in [0.29, 0.717) is 25.7 Å². The highest BCUT2D eigenvalue weighted by atomic mass is 31.2. The summed E-state index contributed by atoms with van der Waals surface area (Å²) in [4.78, 5) is 58.4. The Hall–Kier alpha value is -2.01. The zero-order chi connectivity index (χ0) is 45.6. The Morgan fingerprint density at radius 3 is 1.23 bits per heavy atom. The molecule has 0 aromatic rings. The number of nitrogens with one attached hydrogen (secondary N) is 1. The van der Waals surface area contributed by atoms with E-state index < -0.39 is 38.4 Å². The van der Waals surface area contributed by atoms with Crippen LogP contribution in [-0.4, -0.2) is 66.3 Å². The zero-order valence-corrected chi connectivity index (χ0v) is 40.7. The average Bonchev–Trinajstić information content (AvgIpc) is 3.24. The normalized spacial score (nSPS) is 12.8. The maximum Gasteiger partial charge on any atom is 0.472 e. The summed E-state index contributed by atoms with van der Waals surface area (Å²) in [6.45, 7) is 3.48.